The molecular weight excluding hydrogens is 226 g/mol. The Morgan fingerprint density at radius 3 is 2.83 bits per heavy atom. The van der Waals surface area contributed by atoms with Crippen LogP contribution in [0, 0.1) is 6.92 Å². The molecule has 0 radical (unpaired) electrons. The van der Waals surface area contributed by atoms with E-state index in [1.165, 1.54) is 0 Å². The van der Waals surface area contributed by atoms with Crippen LogP contribution in [-0.2, 0) is 4.79 Å². The number of rotatable bonds is 3. The van der Waals surface area contributed by atoms with Crippen molar-refractivity contribution in [2.45, 2.75) is 19.4 Å². The van der Waals surface area contributed by atoms with E-state index in [9.17, 15) is 4.79 Å². The molecule has 0 bridgehead atoms. The van der Waals surface area contributed by atoms with Crippen molar-refractivity contribution in [3.05, 3.63) is 35.4 Å². The zero-order chi connectivity index (χ0) is 13.0. The summed E-state index contributed by atoms with van der Waals surface area (Å²) in [5.74, 6) is -0.258. The minimum atomic E-state index is -0.300. The van der Waals surface area contributed by atoms with Gasteiger partial charge in [-0.25, -0.2) is 0 Å². The minimum absolute atomic E-state index is 0.258. The van der Waals surface area contributed by atoms with Gasteiger partial charge in [-0.2, -0.15) is 0 Å². The van der Waals surface area contributed by atoms with Gasteiger partial charge in [-0.1, -0.05) is 24.3 Å². The Morgan fingerprint density at radius 2 is 2.11 bits per heavy atom. The number of nitrogens with two attached hydrogens (primary N) is 1. The molecule has 4 nitrogen and oxygen atoms in total. The number of carbonyl (C=O) groups excluding carboxylic acids is 1. The second-order valence-corrected chi connectivity index (χ2v) is 4.80. The average molecular weight is 247 g/mol. The van der Waals surface area contributed by atoms with Gasteiger partial charge in [-0.3, -0.25) is 9.69 Å². The van der Waals surface area contributed by atoms with Crippen molar-refractivity contribution in [1.82, 2.24) is 10.2 Å². The van der Waals surface area contributed by atoms with Crippen LogP contribution in [0.2, 0.25) is 0 Å². The topological polar surface area (TPSA) is 58.4 Å². The molecule has 1 unspecified atom stereocenters. The van der Waals surface area contributed by atoms with Crippen LogP contribution in [0.5, 0.6) is 0 Å². The summed E-state index contributed by atoms with van der Waals surface area (Å²) in [5.41, 5.74) is 7.78. The minimum Gasteiger partial charge on any atom is -0.368 e. The fraction of sp³-hybridized carbons (Fsp3) is 0.500. The van der Waals surface area contributed by atoms with Gasteiger partial charge in [0.2, 0.25) is 5.91 Å². The van der Waals surface area contributed by atoms with Gasteiger partial charge < -0.3 is 11.1 Å². The Balaban J connectivity index is 2.27. The maximum absolute atomic E-state index is 11.8. The van der Waals surface area contributed by atoms with Gasteiger partial charge in [0, 0.05) is 19.6 Å². The van der Waals surface area contributed by atoms with Crippen LogP contribution < -0.4 is 11.1 Å². The summed E-state index contributed by atoms with van der Waals surface area (Å²) in [5, 5.41) is 3.34. The SMILES string of the molecule is Cc1ccccc1C(C(N)=O)N1CCCNCC1. The van der Waals surface area contributed by atoms with Crippen molar-refractivity contribution < 1.29 is 4.79 Å². The van der Waals surface area contributed by atoms with E-state index in [-0.39, 0.29) is 11.9 Å². The third-order valence-electron chi connectivity index (χ3n) is 3.49. The molecule has 0 aromatic heterocycles. The number of nitrogens with one attached hydrogen (secondary N) is 1. The highest BCUT2D eigenvalue weighted by Crippen LogP contribution is 2.24. The van der Waals surface area contributed by atoms with Gasteiger partial charge in [-0.05, 0) is 31.0 Å². The molecule has 4 heteroatoms. The highest BCUT2D eigenvalue weighted by molar-refractivity contribution is 5.81. The van der Waals surface area contributed by atoms with Crippen molar-refractivity contribution in [2.75, 3.05) is 26.2 Å². The molecule has 1 heterocycles. The lowest BCUT2D eigenvalue weighted by atomic mass is 9.99. The summed E-state index contributed by atoms with van der Waals surface area (Å²) in [6.07, 6.45) is 1.05. The van der Waals surface area contributed by atoms with E-state index in [0.717, 1.165) is 43.7 Å². The molecule has 1 saturated heterocycles. The van der Waals surface area contributed by atoms with Crippen LogP contribution in [0.25, 0.3) is 0 Å². The number of carbonyl (C=O) groups is 1. The highest BCUT2D eigenvalue weighted by Gasteiger charge is 2.27. The van der Waals surface area contributed by atoms with Crippen molar-refractivity contribution in [3.63, 3.8) is 0 Å². The Morgan fingerprint density at radius 1 is 1.33 bits per heavy atom. The lowest BCUT2D eigenvalue weighted by Crippen LogP contribution is -2.40. The van der Waals surface area contributed by atoms with E-state index in [1.54, 1.807) is 0 Å². The molecule has 1 aliphatic rings. The molecule has 18 heavy (non-hydrogen) atoms. The standard InChI is InChI=1S/C14H21N3O/c1-11-5-2-3-6-12(11)13(14(15)18)17-9-4-7-16-8-10-17/h2-3,5-6,13,16H,4,7-10H2,1H3,(H2,15,18). The van der Waals surface area contributed by atoms with E-state index >= 15 is 0 Å². The van der Waals surface area contributed by atoms with Crippen LogP contribution in [0.3, 0.4) is 0 Å². The fourth-order valence-electron chi connectivity index (χ4n) is 2.55. The first kappa shape index (κ1) is 13.1. The van der Waals surface area contributed by atoms with Gasteiger partial charge in [0.25, 0.3) is 0 Å². The maximum atomic E-state index is 11.8. The van der Waals surface area contributed by atoms with E-state index in [0.29, 0.717) is 0 Å². The summed E-state index contributed by atoms with van der Waals surface area (Å²) < 4.78 is 0. The first-order valence-electron chi connectivity index (χ1n) is 6.50. The summed E-state index contributed by atoms with van der Waals surface area (Å²) in [6.45, 7) is 5.73. The molecule has 0 spiro atoms. The Labute approximate surface area is 108 Å². The first-order chi connectivity index (χ1) is 8.70. The molecular formula is C14H21N3O. The quantitative estimate of drug-likeness (QED) is 0.831. The monoisotopic (exact) mass is 247 g/mol. The van der Waals surface area contributed by atoms with Crippen LogP contribution in [-0.4, -0.2) is 37.0 Å². The fourth-order valence-corrected chi connectivity index (χ4v) is 2.55. The van der Waals surface area contributed by atoms with Crippen LogP contribution in [0.4, 0.5) is 0 Å². The second-order valence-electron chi connectivity index (χ2n) is 4.80. The second kappa shape index (κ2) is 5.98. The van der Waals surface area contributed by atoms with Crippen LogP contribution in [0.1, 0.15) is 23.6 Å². The Bertz CT molecular complexity index is 411. The third kappa shape index (κ3) is 2.89. The molecule has 0 saturated carbocycles. The molecule has 1 aromatic carbocycles. The number of aryl methyl sites for hydroxylation is 1. The Kier molecular flexibility index (Phi) is 4.33. The lowest BCUT2D eigenvalue weighted by molar-refractivity contribution is -0.123. The number of primary amides is 1. The lowest BCUT2D eigenvalue weighted by Gasteiger charge is -2.29. The third-order valence-corrected chi connectivity index (χ3v) is 3.49. The van der Waals surface area contributed by atoms with Gasteiger partial charge in [0.05, 0.1) is 0 Å². The molecule has 1 fully saturated rings. The molecule has 2 rings (SSSR count). The first-order valence-corrected chi connectivity index (χ1v) is 6.50. The zero-order valence-electron chi connectivity index (χ0n) is 10.9. The molecule has 1 amide bonds. The number of hydrogen-bond donors (Lipinski definition) is 2. The van der Waals surface area contributed by atoms with E-state index in [2.05, 4.69) is 10.2 Å². The van der Waals surface area contributed by atoms with Crippen molar-refractivity contribution in [2.24, 2.45) is 5.73 Å². The van der Waals surface area contributed by atoms with Crippen molar-refractivity contribution in [1.29, 1.82) is 0 Å². The number of nitrogens with zero attached hydrogens (tertiary/aromatic N) is 1. The summed E-state index contributed by atoms with van der Waals surface area (Å²) in [7, 11) is 0. The van der Waals surface area contributed by atoms with Crippen molar-refractivity contribution >= 4 is 5.91 Å². The average Bonchev–Trinajstić information content (AvgIpc) is 2.60. The number of amides is 1. The van der Waals surface area contributed by atoms with Gasteiger partial charge in [0.1, 0.15) is 6.04 Å². The van der Waals surface area contributed by atoms with Gasteiger partial charge in [-0.15, -0.1) is 0 Å². The van der Waals surface area contributed by atoms with E-state index in [4.69, 9.17) is 5.73 Å². The zero-order valence-corrected chi connectivity index (χ0v) is 10.9. The van der Waals surface area contributed by atoms with Crippen molar-refractivity contribution in [3.8, 4) is 0 Å². The summed E-state index contributed by atoms with van der Waals surface area (Å²) in [4.78, 5) is 14.0. The molecule has 98 valence electrons. The largest absolute Gasteiger partial charge is 0.368 e. The number of hydrogen-bond acceptors (Lipinski definition) is 3. The molecule has 0 aliphatic carbocycles. The van der Waals surface area contributed by atoms with Crippen LogP contribution in [0.15, 0.2) is 24.3 Å². The predicted octanol–water partition coefficient (Wildman–Crippen LogP) is 0.817. The smallest absolute Gasteiger partial charge is 0.239 e. The highest BCUT2D eigenvalue weighted by atomic mass is 16.1. The summed E-state index contributed by atoms with van der Waals surface area (Å²) >= 11 is 0. The molecule has 1 aliphatic heterocycles. The number of benzene rings is 1. The van der Waals surface area contributed by atoms with E-state index in [1.807, 2.05) is 31.2 Å². The van der Waals surface area contributed by atoms with E-state index < -0.39 is 0 Å². The van der Waals surface area contributed by atoms with Gasteiger partial charge >= 0.3 is 0 Å². The maximum Gasteiger partial charge on any atom is 0.239 e. The van der Waals surface area contributed by atoms with Crippen LogP contribution >= 0.6 is 0 Å². The molecule has 1 atom stereocenters. The van der Waals surface area contributed by atoms with Gasteiger partial charge in [0.15, 0.2) is 0 Å². The molecule has 3 N–H and O–H groups in total. The molecule has 1 aromatic rings. The Hall–Kier alpha value is -1.39. The predicted molar refractivity (Wildman–Crippen MR) is 72.2 cm³/mol. The summed E-state index contributed by atoms with van der Waals surface area (Å²) in [6, 6.07) is 7.69. The normalized spacial score (nSPS) is 19.2.